The van der Waals surface area contributed by atoms with Crippen LogP contribution in [0.3, 0.4) is 0 Å². The Morgan fingerprint density at radius 2 is 2.06 bits per heavy atom. The Morgan fingerprint density at radius 3 is 2.56 bits per heavy atom. The monoisotopic (exact) mass is 255 g/mol. The number of amides is 1. The molecule has 0 spiro atoms. The Balaban J connectivity index is 2.71. The van der Waals surface area contributed by atoms with Crippen molar-refractivity contribution in [2.45, 2.75) is 46.3 Å². The second-order valence-corrected chi connectivity index (χ2v) is 4.70. The number of anilines is 1. The number of rotatable bonds is 7. The molecule has 1 amide bonds. The molecule has 1 aromatic rings. The largest absolute Gasteiger partial charge is 0.407 e. The number of carbonyl (C=O) groups is 1. The van der Waals surface area contributed by atoms with Gasteiger partial charge in [0.2, 0.25) is 11.8 Å². The Hall–Kier alpha value is -1.63. The van der Waals surface area contributed by atoms with E-state index < -0.39 is 5.91 Å². The first-order chi connectivity index (χ1) is 8.40. The molecule has 1 aromatic heterocycles. The summed E-state index contributed by atoms with van der Waals surface area (Å²) in [5.74, 6) is 0.0672. The van der Waals surface area contributed by atoms with Gasteiger partial charge in [-0.1, -0.05) is 18.9 Å². The van der Waals surface area contributed by atoms with Gasteiger partial charge in [-0.25, -0.2) is 0 Å². The van der Waals surface area contributed by atoms with Crippen LogP contribution in [0.15, 0.2) is 4.42 Å². The molecule has 0 saturated heterocycles. The average Bonchev–Trinajstić information content (AvgIpc) is 2.70. The summed E-state index contributed by atoms with van der Waals surface area (Å²) in [5, 5.41) is 11.0. The van der Waals surface area contributed by atoms with Crippen LogP contribution in [0.4, 0.5) is 6.01 Å². The summed E-state index contributed by atoms with van der Waals surface area (Å²) in [6.45, 7) is 8.50. The number of primary amides is 1. The normalized spacial score (nSPS) is 11.2. The maximum absolute atomic E-state index is 11.0. The van der Waals surface area contributed by atoms with Crippen LogP contribution in [-0.2, 0) is 11.3 Å². The van der Waals surface area contributed by atoms with Crippen LogP contribution in [-0.4, -0.2) is 34.7 Å². The van der Waals surface area contributed by atoms with Crippen molar-refractivity contribution < 1.29 is 9.21 Å². The van der Waals surface area contributed by atoms with Gasteiger partial charge in [0, 0.05) is 12.1 Å². The first-order valence-corrected chi connectivity index (χ1v) is 6.01. The van der Waals surface area contributed by atoms with Crippen LogP contribution >= 0.6 is 0 Å². The quantitative estimate of drug-likeness (QED) is 0.725. The van der Waals surface area contributed by atoms with E-state index in [0.29, 0.717) is 24.5 Å². The van der Waals surface area contributed by atoms with E-state index in [1.807, 2.05) is 27.7 Å². The standard InChI is InChI=1S/C11H21N5O2/c1-7(2)13-5-10-14-15-11(18-10)16(8(3)4)6-9(12)17/h7-8,13H,5-6H2,1-4H3,(H2,12,17). The lowest BCUT2D eigenvalue weighted by atomic mass is 10.3. The fourth-order valence-corrected chi connectivity index (χ4v) is 1.36. The van der Waals surface area contributed by atoms with E-state index in [0.717, 1.165) is 0 Å². The second kappa shape index (κ2) is 6.34. The lowest BCUT2D eigenvalue weighted by Gasteiger charge is -2.22. The van der Waals surface area contributed by atoms with E-state index in [2.05, 4.69) is 15.5 Å². The lowest BCUT2D eigenvalue weighted by molar-refractivity contribution is -0.116. The zero-order valence-electron chi connectivity index (χ0n) is 11.3. The van der Waals surface area contributed by atoms with Crippen molar-refractivity contribution in [1.82, 2.24) is 15.5 Å². The highest BCUT2D eigenvalue weighted by Gasteiger charge is 2.19. The molecular weight excluding hydrogens is 234 g/mol. The molecule has 0 atom stereocenters. The number of carbonyl (C=O) groups excluding carboxylic acids is 1. The lowest BCUT2D eigenvalue weighted by Crippen LogP contribution is -2.38. The third-order valence-corrected chi connectivity index (χ3v) is 2.31. The van der Waals surface area contributed by atoms with Crippen LogP contribution < -0.4 is 16.0 Å². The van der Waals surface area contributed by atoms with Gasteiger partial charge in [-0.2, -0.15) is 0 Å². The van der Waals surface area contributed by atoms with Crippen molar-refractivity contribution in [3.05, 3.63) is 5.89 Å². The van der Waals surface area contributed by atoms with Crippen molar-refractivity contribution in [3.8, 4) is 0 Å². The molecule has 7 nitrogen and oxygen atoms in total. The van der Waals surface area contributed by atoms with Crippen LogP contribution in [0.5, 0.6) is 0 Å². The van der Waals surface area contributed by atoms with E-state index in [9.17, 15) is 4.79 Å². The van der Waals surface area contributed by atoms with E-state index in [-0.39, 0.29) is 12.6 Å². The predicted molar refractivity (Wildman–Crippen MR) is 68.0 cm³/mol. The summed E-state index contributed by atoms with van der Waals surface area (Å²) in [7, 11) is 0. The minimum atomic E-state index is -0.427. The Labute approximate surface area is 107 Å². The molecule has 0 fully saturated rings. The van der Waals surface area contributed by atoms with E-state index >= 15 is 0 Å². The molecule has 1 rings (SSSR count). The zero-order valence-corrected chi connectivity index (χ0v) is 11.3. The molecule has 1 heterocycles. The van der Waals surface area contributed by atoms with Crippen molar-refractivity contribution in [2.24, 2.45) is 5.73 Å². The number of hydrogen-bond donors (Lipinski definition) is 2. The molecule has 0 aliphatic carbocycles. The van der Waals surface area contributed by atoms with Gasteiger partial charge in [-0.05, 0) is 13.8 Å². The van der Waals surface area contributed by atoms with Crippen molar-refractivity contribution in [1.29, 1.82) is 0 Å². The van der Waals surface area contributed by atoms with Crippen LogP contribution in [0.1, 0.15) is 33.6 Å². The number of aromatic nitrogens is 2. The minimum absolute atomic E-state index is 0.0591. The van der Waals surface area contributed by atoms with Gasteiger partial charge >= 0.3 is 6.01 Å². The smallest absolute Gasteiger partial charge is 0.318 e. The maximum atomic E-state index is 11.0. The molecular formula is C11H21N5O2. The van der Waals surface area contributed by atoms with Gasteiger partial charge < -0.3 is 20.4 Å². The third-order valence-electron chi connectivity index (χ3n) is 2.31. The van der Waals surface area contributed by atoms with Gasteiger partial charge in [0.25, 0.3) is 0 Å². The first kappa shape index (κ1) is 14.4. The Kier molecular flexibility index (Phi) is 5.08. The number of nitrogens with two attached hydrogens (primary N) is 1. The third kappa shape index (κ3) is 4.33. The van der Waals surface area contributed by atoms with Crippen molar-refractivity contribution >= 4 is 11.9 Å². The van der Waals surface area contributed by atoms with Crippen LogP contribution in [0.25, 0.3) is 0 Å². The molecule has 0 aromatic carbocycles. The summed E-state index contributed by atoms with van der Waals surface area (Å²) in [6.07, 6.45) is 0. The van der Waals surface area contributed by atoms with Gasteiger partial charge in [0.15, 0.2) is 0 Å². The van der Waals surface area contributed by atoms with Crippen LogP contribution in [0.2, 0.25) is 0 Å². The fourth-order valence-electron chi connectivity index (χ4n) is 1.36. The van der Waals surface area contributed by atoms with Crippen LogP contribution in [0, 0.1) is 0 Å². The first-order valence-electron chi connectivity index (χ1n) is 6.01. The Morgan fingerprint density at radius 1 is 1.39 bits per heavy atom. The maximum Gasteiger partial charge on any atom is 0.318 e. The van der Waals surface area contributed by atoms with Gasteiger partial charge in [-0.3, -0.25) is 4.79 Å². The van der Waals surface area contributed by atoms with Gasteiger partial charge in [0.1, 0.15) is 6.54 Å². The molecule has 0 saturated carbocycles. The zero-order chi connectivity index (χ0) is 13.7. The number of nitrogens with zero attached hydrogens (tertiary/aromatic N) is 3. The number of hydrogen-bond acceptors (Lipinski definition) is 6. The van der Waals surface area contributed by atoms with E-state index in [1.54, 1.807) is 4.90 Å². The summed E-state index contributed by atoms with van der Waals surface area (Å²) >= 11 is 0. The predicted octanol–water partition coefficient (Wildman–Crippen LogP) is 0.268. The molecule has 0 unspecified atom stereocenters. The van der Waals surface area contributed by atoms with Crippen molar-refractivity contribution in [2.75, 3.05) is 11.4 Å². The molecule has 18 heavy (non-hydrogen) atoms. The minimum Gasteiger partial charge on any atom is -0.407 e. The average molecular weight is 255 g/mol. The summed E-state index contributed by atoms with van der Waals surface area (Å²) in [6, 6.07) is 0.723. The fraction of sp³-hybridized carbons (Fsp3) is 0.727. The Bertz CT molecular complexity index is 389. The summed E-state index contributed by atoms with van der Waals surface area (Å²) < 4.78 is 5.49. The molecule has 7 heteroatoms. The van der Waals surface area contributed by atoms with E-state index in [4.69, 9.17) is 10.2 Å². The van der Waals surface area contributed by atoms with Crippen molar-refractivity contribution in [3.63, 3.8) is 0 Å². The molecule has 102 valence electrons. The molecule has 0 bridgehead atoms. The van der Waals surface area contributed by atoms with E-state index in [1.165, 1.54) is 0 Å². The highest BCUT2D eigenvalue weighted by molar-refractivity contribution is 5.78. The highest BCUT2D eigenvalue weighted by atomic mass is 16.4. The van der Waals surface area contributed by atoms with Gasteiger partial charge in [0.05, 0.1) is 6.54 Å². The number of nitrogens with one attached hydrogen (secondary N) is 1. The molecule has 3 N–H and O–H groups in total. The summed E-state index contributed by atoms with van der Waals surface area (Å²) in [5.41, 5.74) is 5.19. The molecule has 0 radical (unpaired) electrons. The highest BCUT2D eigenvalue weighted by Crippen LogP contribution is 2.14. The second-order valence-electron chi connectivity index (χ2n) is 4.70. The molecule has 0 aliphatic rings. The topological polar surface area (TPSA) is 97.3 Å². The molecule has 0 aliphatic heterocycles. The van der Waals surface area contributed by atoms with Gasteiger partial charge in [-0.15, -0.1) is 5.10 Å². The summed E-state index contributed by atoms with van der Waals surface area (Å²) in [4.78, 5) is 12.7. The SMILES string of the molecule is CC(C)NCc1nnc(N(CC(N)=O)C(C)C)o1.